The van der Waals surface area contributed by atoms with Crippen LogP contribution in [0.2, 0.25) is 0 Å². The molecule has 1 aliphatic rings. The summed E-state index contributed by atoms with van der Waals surface area (Å²) in [6.07, 6.45) is 2.69. The number of hydrogen-bond acceptors (Lipinski definition) is 6. The van der Waals surface area contributed by atoms with Crippen molar-refractivity contribution in [1.82, 2.24) is 9.97 Å². The summed E-state index contributed by atoms with van der Waals surface area (Å²) < 4.78 is 10.7. The second-order valence-corrected chi connectivity index (χ2v) is 5.83. The molecular weight excluding hydrogens is 322 g/mol. The third-order valence-corrected chi connectivity index (χ3v) is 4.03. The smallest absolute Gasteiger partial charge is 0.339 e. The largest absolute Gasteiger partial charge is 0.493 e. The lowest BCUT2D eigenvalue weighted by molar-refractivity contribution is 0.0692. The Morgan fingerprint density at radius 3 is 3.04 bits per heavy atom. The van der Waals surface area contributed by atoms with Crippen LogP contribution < -0.4 is 10.1 Å². The lowest BCUT2D eigenvalue weighted by Crippen LogP contribution is -2.15. The predicted octanol–water partition coefficient (Wildman–Crippen LogP) is 2.69. The van der Waals surface area contributed by atoms with E-state index < -0.39 is 5.97 Å². The highest BCUT2D eigenvalue weighted by Crippen LogP contribution is 2.26. The van der Waals surface area contributed by atoms with Gasteiger partial charge in [0, 0.05) is 30.8 Å². The van der Waals surface area contributed by atoms with Crippen molar-refractivity contribution >= 4 is 11.9 Å². The monoisotopic (exact) mass is 343 g/mol. The third kappa shape index (κ3) is 4.24. The van der Waals surface area contributed by atoms with Crippen molar-refractivity contribution in [2.75, 3.05) is 31.7 Å². The van der Waals surface area contributed by atoms with Crippen molar-refractivity contribution in [1.29, 1.82) is 0 Å². The van der Waals surface area contributed by atoms with Gasteiger partial charge < -0.3 is 19.9 Å². The molecule has 7 heteroatoms. The summed E-state index contributed by atoms with van der Waals surface area (Å²) in [5.74, 6) is 0.317. The second-order valence-electron chi connectivity index (χ2n) is 5.83. The van der Waals surface area contributed by atoms with Crippen molar-refractivity contribution in [3.8, 4) is 17.0 Å². The molecule has 2 heterocycles. The summed E-state index contributed by atoms with van der Waals surface area (Å²) in [6, 6.07) is 6.79. The molecule has 1 aromatic carbocycles. The third-order valence-electron chi connectivity index (χ3n) is 4.03. The van der Waals surface area contributed by atoms with E-state index in [2.05, 4.69) is 15.3 Å². The van der Waals surface area contributed by atoms with Crippen LogP contribution in [-0.4, -0.2) is 47.4 Å². The number of carboxylic acid groups (broad SMARTS) is 1. The van der Waals surface area contributed by atoms with Gasteiger partial charge in [0.2, 0.25) is 5.95 Å². The predicted molar refractivity (Wildman–Crippen MR) is 93.0 cm³/mol. The highest BCUT2D eigenvalue weighted by molar-refractivity contribution is 5.92. The first kappa shape index (κ1) is 17.2. The van der Waals surface area contributed by atoms with Gasteiger partial charge in [0.15, 0.2) is 0 Å². The molecule has 1 atom stereocenters. The van der Waals surface area contributed by atoms with Crippen molar-refractivity contribution in [3.63, 3.8) is 0 Å². The Kier molecular flexibility index (Phi) is 5.45. The SMILES string of the molecule is CCOc1ccc(-c2ccnc(NC[C@H]3CCOC3)n2)cc1C(=O)O. The van der Waals surface area contributed by atoms with E-state index in [0.29, 0.717) is 35.5 Å². The van der Waals surface area contributed by atoms with Gasteiger partial charge in [-0.3, -0.25) is 0 Å². The summed E-state index contributed by atoms with van der Waals surface area (Å²) >= 11 is 0. The lowest BCUT2D eigenvalue weighted by Gasteiger charge is -2.11. The molecular formula is C18H21N3O4. The minimum absolute atomic E-state index is 0.121. The average molecular weight is 343 g/mol. The zero-order valence-electron chi connectivity index (χ0n) is 14.1. The number of nitrogens with one attached hydrogen (secondary N) is 1. The summed E-state index contributed by atoms with van der Waals surface area (Å²) in [5.41, 5.74) is 1.48. The molecule has 3 rings (SSSR count). The maximum absolute atomic E-state index is 11.5. The zero-order chi connectivity index (χ0) is 17.6. The highest BCUT2D eigenvalue weighted by atomic mass is 16.5. The number of aromatic nitrogens is 2. The van der Waals surface area contributed by atoms with Crippen molar-refractivity contribution in [2.24, 2.45) is 5.92 Å². The average Bonchev–Trinajstić information content (AvgIpc) is 3.14. The van der Waals surface area contributed by atoms with Gasteiger partial charge >= 0.3 is 5.97 Å². The van der Waals surface area contributed by atoms with Crippen LogP contribution in [0.1, 0.15) is 23.7 Å². The molecule has 0 aliphatic carbocycles. The maximum Gasteiger partial charge on any atom is 0.339 e. The normalized spacial score (nSPS) is 16.6. The van der Waals surface area contributed by atoms with E-state index in [0.717, 1.165) is 26.2 Å². The first-order valence-electron chi connectivity index (χ1n) is 8.32. The van der Waals surface area contributed by atoms with Crippen LogP contribution in [0.15, 0.2) is 30.5 Å². The molecule has 25 heavy (non-hydrogen) atoms. The number of nitrogens with zero attached hydrogens (tertiary/aromatic N) is 2. The number of ether oxygens (including phenoxy) is 2. The molecule has 0 amide bonds. The molecule has 0 radical (unpaired) electrons. The number of carboxylic acids is 1. The van der Waals surface area contributed by atoms with Gasteiger partial charge in [0.1, 0.15) is 11.3 Å². The number of aromatic carboxylic acids is 1. The van der Waals surface area contributed by atoms with Crippen LogP contribution in [0.3, 0.4) is 0 Å². The molecule has 1 aliphatic heterocycles. The number of anilines is 1. The molecule has 132 valence electrons. The Morgan fingerprint density at radius 1 is 1.44 bits per heavy atom. The first-order chi connectivity index (χ1) is 12.2. The van der Waals surface area contributed by atoms with E-state index in [1.54, 1.807) is 30.5 Å². The number of hydrogen-bond donors (Lipinski definition) is 2. The fraction of sp³-hybridized carbons (Fsp3) is 0.389. The minimum atomic E-state index is -1.03. The molecule has 0 spiro atoms. The summed E-state index contributed by atoms with van der Waals surface area (Å²) in [5, 5.41) is 12.6. The minimum Gasteiger partial charge on any atom is -0.493 e. The fourth-order valence-electron chi connectivity index (χ4n) is 2.72. The van der Waals surface area contributed by atoms with Gasteiger partial charge in [-0.05, 0) is 37.6 Å². The number of carbonyl (C=O) groups is 1. The van der Waals surface area contributed by atoms with Gasteiger partial charge in [0.05, 0.1) is 18.9 Å². The zero-order valence-corrected chi connectivity index (χ0v) is 14.1. The summed E-state index contributed by atoms with van der Waals surface area (Å²) in [6.45, 7) is 4.54. The fourth-order valence-corrected chi connectivity index (χ4v) is 2.72. The molecule has 1 saturated heterocycles. The van der Waals surface area contributed by atoms with Crippen LogP contribution in [0.5, 0.6) is 5.75 Å². The van der Waals surface area contributed by atoms with Gasteiger partial charge in [-0.15, -0.1) is 0 Å². The van der Waals surface area contributed by atoms with Gasteiger partial charge in [-0.1, -0.05) is 0 Å². The molecule has 2 aromatic rings. The van der Waals surface area contributed by atoms with Crippen LogP contribution in [0.25, 0.3) is 11.3 Å². The van der Waals surface area contributed by atoms with Gasteiger partial charge in [-0.2, -0.15) is 0 Å². The molecule has 1 fully saturated rings. The molecule has 0 bridgehead atoms. The standard InChI is InChI=1S/C18H21N3O4/c1-2-25-16-4-3-13(9-14(16)17(22)23)15-5-7-19-18(21-15)20-10-12-6-8-24-11-12/h3-5,7,9,12H,2,6,8,10-11H2,1H3,(H,22,23)(H,19,20,21)/t12-/m1/s1. The van der Waals surface area contributed by atoms with Crippen molar-refractivity contribution in [2.45, 2.75) is 13.3 Å². The van der Waals surface area contributed by atoms with Crippen LogP contribution in [-0.2, 0) is 4.74 Å². The van der Waals surface area contributed by atoms with E-state index in [1.165, 1.54) is 0 Å². The van der Waals surface area contributed by atoms with E-state index in [4.69, 9.17) is 9.47 Å². The molecule has 2 N–H and O–H groups in total. The molecule has 1 aromatic heterocycles. The maximum atomic E-state index is 11.5. The topological polar surface area (TPSA) is 93.6 Å². The molecule has 0 unspecified atom stereocenters. The number of rotatable bonds is 7. The number of benzene rings is 1. The van der Waals surface area contributed by atoms with Gasteiger partial charge in [-0.25, -0.2) is 14.8 Å². The Morgan fingerprint density at radius 2 is 2.32 bits per heavy atom. The van der Waals surface area contributed by atoms with E-state index in [1.807, 2.05) is 6.92 Å². The van der Waals surface area contributed by atoms with Crippen LogP contribution in [0.4, 0.5) is 5.95 Å². The van der Waals surface area contributed by atoms with E-state index >= 15 is 0 Å². The van der Waals surface area contributed by atoms with Crippen LogP contribution >= 0.6 is 0 Å². The molecule has 7 nitrogen and oxygen atoms in total. The van der Waals surface area contributed by atoms with E-state index in [-0.39, 0.29) is 5.56 Å². The summed E-state index contributed by atoms with van der Waals surface area (Å²) in [4.78, 5) is 20.2. The van der Waals surface area contributed by atoms with Crippen LogP contribution in [0, 0.1) is 5.92 Å². The Labute approximate surface area is 146 Å². The Hall–Kier alpha value is -2.67. The molecule has 0 saturated carbocycles. The van der Waals surface area contributed by atoms with Crippen molar-refractivity contribution in [3.05, 3.63) is 36.0 Å². The van der Waals surface area contributed by atoms with Gasteiger partial charge in [0.25, 0.3) is 0 Å². The first-order valence-corrected chi connectivity index (χ1v) is 8.32. The van der Waals surface area contributed by atoms with Crippen molar-refractivity contribution < 1.29 is 19.4 Å². The Balaban J connectivity index is 1.79. The Bertz CT molecular complexity index is 745. The quantitative estimate of drug-likeness (QED) is 0.798. The second kappa shape index (κ2) is 7.94. The lowest BCUT2D eigenvalue weighted by atomic mass is 10.1. The summed E-state index contributed by atoms with van der Waals surface area (Å²) in [7, 11) is 0. The van der Waals surface area contributed by atoms with E-state index in [9.17, 15) is 9.90 Å². The highest BCUT2D eigenvalue weighted by Gasteiger charge is 2.16.